The third-order valence-corrected chi connectivity index (χ3v) is 2.60. The zero-order chi connectivity index (χ0) is 13.8. The normalized spacial score (nSPS) is 11.2. The van der Waals surface area contributed by atoms with E-state index in [1.807, 2.05) is 20.8 Å². The van der Waals surface area contributed by atoms with Gasteiger partial charge in [-0.1, -0.05) is 20.8 Å². The Labute approximate surface area is 107 Å². The zero-order valence-electron chi connectivity index (χ0n) is 11.3. The predicted molar refractivity (Wildman–Crippen MR) is 69.1 cm³/mol. The number of hydrogen-bond acceptors (Lipinski definition) is 2. The first kappa shape index (κ1) is 14.5. The van der Waals surface area contributed by atoms with Crippen molar-refractivity contribution < 1.29 is 13.9 Å². The summed E-state index contributed by atoms with van der Waals surface area (Å²) in [7, 11) is 1.55. The number of methoxy groups -OCH3 is 1. The molecule has 1 N–H and O–H groups in total. The number of carbonyl (C=O) groups is 1. The van der Waals surface area contributed by atoms with Gasteiger partial charge in [-0.05, 0) is 30.2 Å². The van der Waals surface area contributed by atoms with Gasteiger partial charge in [0.05, 0.1) is 7.11 Å². The van der Waals surface area contributed by atoms with Gasteiger partial charge in [0.15, 0.2) is 0 Å². The highest BCUT2D eigenvalue weighted by atomic mass is 19.1. The predicted octanol–water partition coefficient (Wildman–Crippen LogP) is 2.54. The highest BCUT2D eigenvalue weighted by Crippen LogP contribution is 2.19. The molecular weight excluding hydrogens is 233 g/mol. The molecule has 3 nitrogen and oxygen atoms in total. The molecule has 0 heterocycles. The minimum atomic E-state index is -0.411. The van der Waals surface area contributed by atoms with E-state index < -0.39 is 5.41 Å². The lowest BCUT2D eigenvalue weighted by atomic mass is 9.95. The Hall–Kier alpha value is -1.58. The van der Waals surface area contributed by atoms with Gasteiger partial charge in [0, 0.05) is 12.0 Å². The van der Waals surface area contributed by atoms with Crippen LogP contribution in [-0.4, -0.2) is 19.6 Å². The van der Waals surface area contributed by atoms with Crippen molar-refractivity contribution in [2.24, 2.45) is 5.41 Å². The van der Waals surface area contributed by atoms with Crippen LogP contribution in [0.1, 0.15) is 26.3 Å². The SMILES string of the molecule is COc1ccc(F)cc1CCNC(=O)C(C)(C)C. The second kappa shape index (κ2) is 5.85. The van der Waals surface area contributed by atoms with Crippen LogP contribution in [0.15, 0.2) is 18.2 Å². The topological polar surface area (TPSA) is 38.3 Å². The highest BCUT2D eigenvalue weighted by Gasteiger charge is 2.20. The van der Waals surface area contributed by atoms with Gasteiger partial charge < -0.3 is 10.1 Å². The molecule has 1 amide bonds. The number of rotatable bonds is 4. The Bertz CT molecular complexity index is 424. The molecular formula is C14H20FNO2. The van der Waals surface area contributed by atoms with Crippen LogP contribution >= 0.6 is 0 Å². The standard InChI is InChI=1S/C14H20FNO2/c1-14(2,3)13(17)16-8-7-10-9-11(15)5-6-12(10)18-4/h5-6,9H,7-8H2,1-4H3,(H,16,17). The zero-order valence-corrected chi connectivity index (χ0v) is 11.3. The summed E-state index contributed by atoms with van der Waals surface area (Å²) in [6.45, 7) is 6.03. The molecule has 18 heavy (non-hydrogen) atoms. The monoisotopic (exact) mass is 253 g/mol. The largest absolute Gasteiger partial charge is 0.496 e. The van der Waals surface area contributed by atoms with Gasteiger partial charge in [0.25, 0.3) is 0 Å². The highest BCUT2D eigenvalue weighted by molar-refractivity contribution is 5.81. The van der Waals surface area contributed by atoms with Crippen LogP contribution in [0.3, 0.4) is 0 Å². The van der Waals surface area contributed by atoms with Gasteiger partial charge in [0.1, 0.15) is 11.6 Å². The third kappa shape index (κ3) is 4.02. The first-order valence-electron chi connectivity index (χ1n) is 5.95. The van der Waals surface area contributed by atoms with Crippen LogP contribution in [0.4, 0.5) is 4.39 Å². The first-order chi connectivity index (χ1) is 8.34. The summed E-state index contributed by atoms with van der Waals surface area (Å²) in [6, 6.07) is 4.38. The summed E-state index contributed by atoms with van der Waals surface area (Å²) in [5.41, 5.74) is 0.346. The molecule has 0 fully saturated rings. The molecule has 1 rings (SSSR count). The van der Waals surface area contributed by atoms with E-state index in [2.05, 4.69) is 5.32 Å². The van der Waals surface area contributed by atoms with E-state index in [1.54, 1.807) is 13.2 Å². The van der Waals surface area contributed by atoms with Gasteiger partial charge in [-0.15, -0.1) is 0 Å². The first-order valence-corrected chi connectivity index (χ1v) is 5.95. The summed E-state index contributed by atoms with van der Waals surface area (Å²) < 4.78 is 18.3. The third-order valence-electron chi connectivity index (χ3n) is 2.60. The van der Waals surface area contributed by atoms with E-state index >= 15 is 0 Å². The molecule has 4 heteroatoms. The summed E-state index contributed by atoms with van der Waals surface area (Å²) in [5.74, 6) is 0.326. The van der Waals surface area contributed by atoms with E-state index in [9.17, 15) is 9.18 Å². The maximum absolute atomic E-state index is 13.1. The lowest BCUT2D eigenvalue weighted by molar-refractivity contribution is -0.128. The number of carbonyl (C=O) groups excluding carboxylic acids is 1. The Balaban J connectivity index is 2.59. The van der Waals surface area contributed by atoms with Crippen molar-refractivity contribution >= 4 is 5.91 Å². The average Bonchev–Trinajstić information content (AvgIpc) is 2.28. The molecule has 0 aliphatic heterocycles. The molecule has 0 saturated heterocycles. The van der Waals surface area contributed by atoms with Crippen molar-refractivity contribution in [2.75, 3.05) is 13.7 Å². The fourth-order valence-electron chi connectivity index (χ4n) is 1.52. The lowest BCUT2D eigenvalue weighted by Crippen LogP contribution is -2.35. The van der Waals surface area contributed by atoms with Crippen LogP contribution in [0.5, 0.6) is 5.75 Å². The number of benzene rings is 1. The smallest absolute Gasteiger partial charge is 0.225 e. The molecule has 0 atom stereocenters. The molecule has 100 valence electrons. The van der Waals surface area contributed by atoms with Crippen molar-refractivity contribution in [3.8, 4) is 5.75 Å². The van der Waals surface area contributed by atoms with Crippen LogP contribution in [-0.2, 0) is 11.2 Å². The molecule has 1 aromatic rings. The van der Waals surface area contributed by atoms with Crippen LogP contribution in [0.2, 0.25) is 0 Å². The molecule has 0 saturated carbocycles. The van der Waals surface area contributed by atoms with E-state index in [0.717, 1.165) is 5.56 Å². The molecule has 0 aliphatic carbocycles. The van der Waals surface area contributed by atoms with E-state index in [4.69, 9.17) is 4.74 Å². The second-order valence-corrected chi connectivity index (χ2v) is 5.21. The van der Waals surface area contributed by atoms with Gasteiger partial charge in [-0.2, -0.15) is 0 Å². The molecule has 0 spiro atoms. The summed E-state index contributed by atoms with van der Waals surface area (Å²) in [6.07, 6.45) is 0.544. The van der Waals surface area contributed by atoms with Crippen molar-refractivity contribution in [2.45, 2.75) is 27.2 Å². The minimum Gasteiger partial charge on any atom is -0.496 e. The van der Waals surface area contributed by atoms with Crippen molar-refractivity contribution in [1.29, 1.82) is 0 Å². The quantitative estimate of drug-likeness (QED) is 0.895. The van der Waals surface area contributed by atoms with Crippen LogP contribution in [0, 0.1) is 11.2 Å². The Kier molecular flexibility index (Phi) is 4.70. The summed E-state index contributed by atoms with van der Waals surface area (Å²) in [4.78, 5) is 11.7. The summed E-state index contributed by atoms with van der Waals surface area (Å²) >= 11 is 0. The van der Waals surface area contributed by atoms with Gasteiger partial charge >= 0.3 is 0 Å². The molecule has 0 unspecified atom stereocenters. The van der Waals surface area contributed by atoms with E-state index in [-0.39, 0.29) is 11.7 Å². The van der Waals surface area contributed by atoms with Gasteiger partial charge in [0.2, 0.25) is 5.91 Å². The summed E-state index contributed by atoms with van der Waals surface area (Å²) in [5, 5.41) is 2.82. The fraction of sp³-hybridized carbons (Fsp3) is 0.500. The molecule has 0 bridgehead atoms. The van der Waals surface area contributed by atoms with E-state index in [1.165, 1.54) is 12.1 Å². The minimum absolute atomic E-state index is 0.0159. The number of halogens is 1. The molecule has 1 aromatic carbocycles. The second-order valence-electron chi connectivity index (χ2n) is 5.21. The van der Waals surface area contributed by atoms with Gasteiger partial charge in [-0.25, -0.2) is 4.39 Å². The molecule has 0 aromatic heterocycles. The van der Waals surface area contributed by atoms with Crippen molar-refractivity contribution in [3.05, 3.63) is 29.6 Å². The van der Waals surface area contributed by atoms with Gasteiger partial charge in [-0.3, -0.25) is 4.79 Å². The maximum atomic E-state index is 13.1. The van der Waals surface area contributed by atoms with Crippen molar-refractivity contribution in [1.82, 2.24) is 5.32 Å². The van der Waals surface area contributed by atoms with Crippen molar-refractivity contribution in [3.63, 3.8) is 0 Å². The molecule has 0 radical (unpaired) electrons. The number of amides is 1. The Morgan fingerprint density at radius 3 is 2.61 bits per heavy atom. The fourth-order valence-corrected chi connectivity index (χ4v) is 1.52. The Morgan fingerprint density at radius 1 is 1.39 bits per heavy atom. The number of nitrogens with one attached hydrogen (secondary N) is 1. The number of hydrogen-bond donors (Lipinski definition) is 1. The lowest BCUT2D eigenvalue weighted by Gasteiger charge is -2.18. The Morgan fingerprint density at radius 2 is 2.06 bits per heavy atom. The number of ether oxygens (including phenoxy) is 1. The van der Waals surface area contributed by atoms with Crippen LogP contribution in [0.25, 0.3) is 0 Å². The average molecular weight is 253 g/mol. The maximum Gasteiger partial charge on any atom is 0.225 e. The van der Waals surface area contributed by atoms with E-state index in [0.29, 0.717) is 18.7 Å². The van der Waals surface area contributed by atoms with Crippen LogP contribution < -0.4 is 10.1 Å². The molecule has 0 aliphatic rings.